The fraction of sp³-hybridized carbons (Fsp3) is 0.150. The minimum Gasteiger partial charge on any atom is -0.493 e. The van der Waals surface area contributed by atoms with Crippen LogP contribution in [0.15, 0.2) is 48.0 Å². The third-order valence-corrected chi connectivity index (χ3v) is 3.57. The van der Waals surface area contributed by atoms with E-state index in [1.807, 2.05) is 13.0 Å². The summed E-state index contributed by atoms with van der Waals surface area (Å²) in [5, 5.41) is 21.0. The van der Waals surface area contributed by atoms with Crippen LogP contribution in [0.2, 0.25) is 0 Å². The number of hydrogen-bond acceptors (Lipinski definition) is 5. The second-order valence-electron chi connectivity index (χ2n) is 5.32. The Morgan fingerprint density at radius 1 is 1.22 bits per heavy atom. The predicted molar refractivity (Wildman–Crippen MR) is 99.8 cm³/mol. The fourth-order valence-corrected chi connectivity index (χ4v) is 2.33. The molecule has 0 radical (unpaired) electrons. The molecule has 0 atom stereocenters. The molecule has 2 N–H and O–H groups in total. The Morgan fingerprint density at radius 2 is 1.96 bits per heavy atom. The summed E-state index contributed by atoms with van der Waals surface area (Å²) in [6, 6.07) is 12.8. The fourth-order valence-electron chi connectivity index (χ4n) is 2.33. The second kappa shape index (κ2) is 9.06. The Morgan fingerprint density at radius 3 is 2.59 bits per heavy atom. The van der Waals surface area contributed by atoms with Crippen molar-refractivity contribution in [2.24, 2.45) is 0 Å². The van der Waals surface area contributed by atoms with E-state index >= 15 is 0 Å². The van der Waals surface area contributed by atoms with Crippen molar-refractivity contribution < 1.29 is 24.2 Å². The highest BCUT2D eigenvalue weighted by atomic mass is 16.5. The third-order valence-electron chi connectivity index (χ3n) is 3.57. The van der Waals surface area contributed by atoms with Gasteiger partial charge in [-0.2, -0.15) is 5.26 Å². The monoisotopic (exact) mass is 366 g/mol. The minimum absolute atomic E-state index is 0.0637. The third kappa shape index (κ3) is 4.86. The number of para-hydroxylation sites is 1. The van der Waals surface area contributed by atoms with E-state index in [9.17, 15) is 20.0 Å². The maximum absolute atomic E-state index is 12.4. The first-order valence-electron chi connectivity index (χ1n) is 8.06. The lowest BCUT2D eigenvalue weighted by atomic mass is 10.1. The molecule has 0 aliphatic carbocycles. The Balaban J connectivity index is 2.31. The number of methoxy groups -OCH3 is 1. The molecule has 0 fully saturated rings. The standard InChI is InChI=1S/C20H18N2O5/c1-3-27-18-11-13(8-9-17(18)26-2)10-14(12-21)19(23)22-16-7-5-4-6-15(16)20(24)25/h4-11H,3H2,1-2H3,(H,22,23)(H,24,25)/b14-10-. The number of nitriles is 1. The van der Waals surface area contributed by atoms with Gasteiger partial charge in [0.2, 0.25) is 0 Å². The number of nitrogens with one attached hydrogen (secondary N) is 1. The zero-order valence-corrected chi connectivity index (χ0v) is 14.9. The summed E-state index contributed by atoms with van der Waals surface area (Å²) < 4.78 is 10.7. The van der Waals surface area contributed by atoms with E-state index in [1.54, 1.807) is 30.3 Å². The maximum atomic E-state index is 12.4. The molecule has 138 valence electrons. The van der Waals surface area contributed by atoms with Crippen molar-refractivity contribution in [1.29, 1.82) is 5.26 Å². The Hall–Kier alpha value is -3.79. The molecule has 0 aliphatic heterocycles. The van der Waals surface area contributed by atoms with Gasteiger partial charge in [-0.05, 0) is 42.8 Å². The van der Waals surface area contributed by atoms with Gasteiger partial charge in [0.25, 0.3) is 5.91 Å². The summed E-state index contributed by atoms with van der Waals surface area (Å²) in [6.07, 6.45) is 1.39. The van der Waals surface area contributed by atoms with Crippen molar-refractivity contribution in [3.63, 3.8) is 0 Å². The zero-order valence-electron chi connectivity index (χ0n) is 14.9. The number of hydrogen-bond donors (Lipinski definition) is 2. The average molecular weight is 366 g/mol. The molecule has 0 saturated heterocycles. The second-order valence-corrected chi connectivity index (χ2v) is 5.32. The van der Waals surface area contributed by atoms with E-state index in [2.05, 4.69) is 5.32 Å². The van der Waals surface area contributed by atoms with Gasteiger partial charge in [0.05, 0.1) is 25.0 Å². The van der Waals surface area contributed by atoms with Crippen LogP contribution in [0.1, 0.15) is 22.8 Å². The number of carboxylic acids is 1. The molecule has 0 aromatic heterocycles. The maximum Gasteiger partial charge on any atom is 0.337 e. The first-order valence-corrected chi connectivity index (χ1v) is 8.06. The quantitative estimate of drug-likeness (QED) is 0.575. The van der Waals surface area contributed by atoms with Crippen LogP contribution < -0.4 is 14.8 Å². The highest BCUT2D eigenvalue weighted by Crippen LogP contribution is 2.29. The summed E-state index contributed by atoms with van der Waals surface area (Å²) in [4.78, 5) is 23.6. The highest BCUT2D eigenvalue weighted by Gasteiger charge is 2.15. The topological polar surface area (TPSA) is 109 Å². The molecule has 0 aliphatic rings. The number of carbonyl (C=O) groups excluding carboxylic acids is 1. The average Bonchev–Trinajstić information content (AvgIpc) is 2.66. The summed E-state index contributed by atoms with van der Waals surface area (Å²) in [5.41, 5.74) is 0.437. The van der Waals surface area contributed by atoms with E-state index in [-0.39, 0.29) is 16.8 Å². The molecule has 27 heavy (non-hydrogen) atoms. The number of benzene rings is 2. The highest BCUT2D eigenvalue weighted by molar-refractivity contribution is 6.11. The Bertz CT molecular complexity index is 928. The lowest BCUT2D eigenvalue weighted by Crippen LogP contribution is -2.16. The molecule has 2 aromatic rings. The van der Waals surface area contributed by atoms with Crippen LogP contribution in [-0.4, -0.2) is 30.7 Å². The Labute approximate surface area is 156 Å². The van der Waals surface area contributed by atoms with Gasteiger partial charge in [0, 0.05) is 0 Å². The molecule has 1 amide bonds. The van der Waals surface area contributed by atoms with E-state index in [1.165, 1.54) is 25.3 Å². The van der Waals surface area contributed by atoms with Crippen LogP contribution in [0.3, 0.4) is 0 Å². The van der Waals surface area contributed by atoms with Crippen LogP contribution in [0.4, 0.5) is 5.69 Å². The van der Waals surface area contributed by atoms with Crippen molar-refractivity contribution in [3.05, 3.63) is 59.2 Å². The van der Waals surface area contributed by atoms with Crippen molar-refractivity contribution in [1.82, 2.24) is 0 Å². The van der Waals surface area contributed by atoms with Gasteiger partial charge in [-0.15, -0.1) is 0 Å². The van der Waals surface area contributed by atoms with Crippen molar-refractivity contribution >= 4 is 23.6 Å². The molecule has 0 bridgehead atoms. The predicted octanol–water partition coefficient (Wildman–Crippen LogP) is 3.34. The molecule has 0 saturated carbocycles. The summed E-state index contributed by atoms with van der Waals surface area (Å²) >= 11 is 0. The van der Waals surface area contributed by atoms with Crippen molar-refractivity contribution in [2.45, 2.75) is 6.92 Å². The van der Waals surface area contributed by atoms with E-state index < -0.39 is 11.9 Å². The molecule has 0 unspecified atom stereocenters. The van der Waals surface area contributed by atoms with Crippen LogP contribution in [-0.2, 0) is 4.79 Å². The van der Waals surface area contributed by atoms with Crippen LogP contribution in [0.5, 0.6) is 11.5 Å². The molecule has 7 nitrogen and oxygen atoms in total. The Kier molecular flexibility index (Phi) is 6.55. The number of aromatic carboxylic acids is 1. The van der Waals surface area contributed by atoms with Crippen molar-refractivity contribution in [3.8, 4) is 17.6 Å². The van der Waals surface area contributed by atoms with Crippen LogP contribution >= 0.6 is 0 Å². The lowest BCUT2D eigenvalue weighted by molar-refractivity contribution is -0.112. The van der Waals surface area contributed by atoms with Gasteiger partial charge < -0.3 is 19.9 Å². The van der Waals surface area contributed by atoms with Gasteiger partial charge in [0.1, 0.15) is 11.6 Å². The van der Waals surface area contributed by atoms with E-state index in [4.69, 9.17) is 9.47 Å². The molecule has 2 rings (SSSR count). The summed E-state index contributed by atoms with van der Waals surface area (Å²) in [6.45, 7) is 2.26. The van der Waals surface area contributed by atoms with Gasteiger partial charge in [-0.25, -0.2) is 4.79 Å². The van der Waals surface area contributed by atoms with Gasteiger partial charge in [-0.3, -0.25) is 4.79 Å². The number of carbonyl (C=O) groups is 2. The first kappa shape index (κ1) is 19.5. The smallest absolute Gasteiger partial charge is 0.337 e. The molecule has 0 heterocycles. The number of ether oxygens (including phenoxy) is 2. The SMILES string of the molecule is CCOc1cc(/C=C(/C#N)C(=O)Nc2ccccc2C(=O)O)ccc1OC. The van der Waals surface area contributed by atoms with Gasteiger partial charge in [-0.1, -0.05) is 18.2 Å². The minimum atomic E-state index is -1.18. The lowest BCUT2D eigenvalue weighted by Gasteiger charge is -2.10. The van der Waals surface area contributed by atoms with Gasteiger partial charge >= 0.3 is 5.97 Å². The number of carboxylic acid groups (broad SMARTS) is 1. The summed E-state index contributed by atoms with van der Waals surface area (Å²) in [5.74, 6) is -0.861. The van der Waals surface area contributed by atoms with E-state index in [0.717, 1.165) is 0 Å². The largest absolute Gasteiger partial charge is 0.493 e. The first-order chi connectivity index (χ1) is 13.0. The molecule has 2 aromatic carbocycles. The molecule has 7 heteroatoms. The van der Waals surface area contributed by atoms with Crippen LogP contribution in [0.25, 0.3) is 6.08 Å². The normalized spacial score (nSPS) is 10.6. The molecular weight excluding hydrogens is 348 g/mol. The van der Waals surface area contributed by atoms with Crippen molar-refractivity contribution in [2.75, 3.05) is 19.0 Å². The van der Waals surface area contributed by atoms with E-state index in [0.29, 0.717) is 23.7 Å². The number of rotatable bonds is 7. The zero-order chi connectivity index (χ0) is 19.8. The van der Waals surface area contributed by atoms with Crippen LogP contribution in [0, 0.1) is 11.3 Å². The number of amides is 1. The molecule has 0 spiro atoms. The number of nitrogens with zero attached hydrogens (tertiary/aromatic N) is 1. The van der Waals surface area contributed by atoms with Gasteiger partial charge in [0.15, 0.2) is 11.5 Å². The molecular formula is C20H18N2O5. The summed E-state index contributed by atoms with van der Waals surface area (Å²) in [7, 11) is 1.52. The number of anilines is 1.